The second kappa shape index (κ2) is 3.01. The molecular formula is C7H6FNO2. The highest BCUT2D eigenvalue weighted by Gasteiger charge is 2.01. The van der Waals surface area contributed by atoms with Crippen molar-refractivity contribution in [2.24, 2.45) is 5.73 Å². The first-order valence-corrected chi connectivity index (χ1v) is 2.92. The lowest BCUT2D eigenvalue weighted by atomic mass is 10.2. The van der Waals surface area contributed by atoms with E-state index < -0.39 is 5.91 Å². The van der Waals surface area contributed by atoms with Gasteiger partial charge in [0.2, 0.25) is 5.91 Å². The standard InChI is InChI=1S/C7H6FNO2/c8-11-6-3-1-2-5(4-6)7(9)10/h1-4H,(H2,9,10). The Labute approximate surface area is 62.5 Å². The van der Waals surface area contributed by atoms with Crippen LogP contribution in [0.15, 0.2) is 24.3 Å². The second-order valence-corrected chi connectivity index (χ2v) is 1.97. The van der Waals surface area contributed by atoms with Gasteiger partial charge in [-0.15, -0.1) is 0 Å². The Morgan fingerprint density at radius 3 is 2.82 bits per heavy atom. The molecule has 0 aliphatic rings. The number of nitrogens with two attached hydrogens (primary N) is 1. The first-order chi connectivity index (χ1) is 5.24. The summed E-state index contributed by atoms with van der Waals surface area (Å²) in [6.45, 7) is 0. The van der Waals surface area contributed by atoms with E-state index >= 15 is 0 Å². The molecular weight excluding hydrogens is 149 g/mol. The number of primary amides is 1. The average Bonchev–Trinajstić information content (AvgIpc) is 2.05. The minimum atomic E-state index is -0.608. The second-order valence-electron chi connectivity index (χ2n) is 1.97. The molecule has 0 radical (unpaired) electrons. The minimum Gasteiger partial charge on any atom is -0.366 e. The first kappa shape index (κ1) is 7.53. The summed E-state index contributed by atoms with van der Waals surface area (Å²) in [5, 5.41) is 0. The van der Waals surface area contributed by atoms with Crippen LogP contribution >= 0.6 is 0 Å². The maximum atomic E-state index is 11.5. The molecule has 0 saturated heterocycles. The lowest BCUT2D eigenvalue weighted by molar-refractivity contribution is -0.00626. The van der Waals surface area contributed by atoms with Gasteiger partial charge in [0.1, 0.15) is 0 Å². The van der Waals surface area contributed by atoms with Crippen LogP contribution < -0.4 is 10.7 Å². The molecule has 0 heterocycles. The van der Waals surface area contributed by atoms with Crippen LogP contribution in [-0.4, -0.2) is 5.91 Å². The van der Waals surface area contributed by atoms with Crippen molar-refractivity contribution >= 4 is 5.91 Å². The number of carbonyl (C=O) groups is 1. The quantitative estimate of drug-likeness (QED) is 0.693. The van der Waals surface area contributed by atoms with Crippen molar-refractivity contribution in [3.8, 4) is 5.75 Å². The largest absolute Gasteiger partial charge is 0.366 e. The molecule has 0 aliphatic heterocycles. The van der Waals surface area contributed by atoms with Crippen molar-refractivity contribution in [1.29, 1.82) is 0 Å². The Morgan fingerprint density at radius 1 is 1.55 bits per heavy atom. The van der Waals surface area contributed by atoms with Crippen molar-refractivity contribution in [3.05, 3.63) is 29.8 Å². The predicted octanol–water partition coefficient (Wildman–Crippen LogP) is 1.05. The third-order valence-electron chi connectivity index (χ3n) is 1.21. The van der Waals surface area contributed by atoms with Crippen molar-refractivity contribution in [3.63, 3.8) is 0 Å². The molecule has 0 spiro atoms. The van der Waals surface area contributed by atoms with E-state index in [2.05, 4.69) is 4.94 Å². The number of carbonyl (C=O) groups excluding carboxylic acids is 1. The molecule has 1 aromatic carbocycles. The van der Waals surface area contributed by atoms with Crippen molar-refractivity contribution in [2.45, 2.75) is 0 Å². The summed E-state index contributed by atoms with van der Waals surface area (Å²) in [4.78, 5) is 13.9. The highest BCUT2D eigenvalue weighted by molar-refractivity contribution is 5.93. The monoisotopic (exact) mass is 155 g/mol. The molecule has 11 heavy (non-hydrogen) atoms. The van der Waals surface area contributed by atoms with Crippen LogP contribution in [0.1, 0.15) is 10.4 Å². The summed E-state index contributed by atoms with van der Waals surface area (Å²) in [6.07, 6.45) is 0. The molecule has 1 aromatic rings. The normalized spacial score (nSPS) is 9.18. The van der Waals surface area contributed by atoms with E-state index in [0.717, 1.165) is 0 Å². The molecule has 0 unspecified atom stereocenters. The lowest BCUT2D eigenvalue weighted by Gasteiger charge is -1.95. The van der Waals surface area contributed by atoms with E-state index in [1.807, 2.05) is 0 Å². The Balaban J connectivity index is 3.01. The van der Waals surface area contributed by atoms with Crippen LogP contribution in [0.4, 0.5) is 4.53 Å². The summed E-state index contributed by atoms with van der Waals surface area (Å²) < 4.78 is 11.5. The van der Waals surface area contributed by atoms with Gasteiger partial charge in [-0.1, -0.05) is 6.07 Å². The van der Waals surface area contributed by atoms with Crippen molar-refractivity contribution in [2.75, 3.05) is 0 Å². The number of hydrogen-bond acceptors (Lipinski definition) is 2. The van der Waals surface area contributed by atoms with Crippen LogP contribution in [0.25, 0.3) is 0 Å². The lowest BCUT2D eigenvalue weighted by Crippen LogP contribution is -2.10. The highest BCUT2D eigenvalue weighted by atomic mass is 19.3. The van der Waals surface area contributed by atoms with E-state index in [0.29, 0.717) is 0 Å². The Morgan fingerprint density at radius 2 is 2.27 bits per heavy atom. The van der Waals surface area contributed by atoms with Gasteiger partial charge in [0.05, 0.1) is 0 Å². The van der Waals surface area contributed by atoms with Gasteiger partial charge in [0.15, 0.2) is 5.75 Å². The van der Waals surface area contributed by atoms with Crippen LogP contribution in [0, 0.1) is 0 Å². The molecule has 0 aromatic heterocycles. The maximum Gasteiger partial charge on any atom is 0.248 e. The fraction of sp³-hybridized carbons (Fsp3) is 0. The summed E-state index contributed by atoms with van der Waals surface area (Å²) in [5.74, 6) is -0.634. The zero-order valence-electron chi connectivity index (χ0n) is 5.58. The number of amides is 1. The highest BCUT2D eigenvalue weighted by Crippen LogP contribution is 2.12. The SMILES string of the molecule is NC(=O)c1cccc(OF)c1. The summed E-state index contributed by atoms with van der Waals surface area (Å²) in [6, 6.07) is 5.56. The predicted molar refractivity (Wildman–Crippen MR) is 36.7 cm³/mol. The molecule has 0 bridgehead atoms. The van der Waals surface area contributed by atoms with Gasteiger partial charge >= 0.3 is 0 Å². The number of halogens is 1. The van der Waals surface area contributed by atoms with E-state index in [1.54, 1.807) is 0 Å². The molecule has 2 N–H and O–H groups in total. The van der Waals surface area contributed by atoms with Crippen LogP contribution in [-0.2, 0) is 0 Å². The van der Waals surface area contributed by atoms with Crippen molar-refractivity contribution in [1.82, 2.24) is 0 Å². The molecule has 0 aliphatic carbocycles. The topological polar surface area (TPSA) is 52.3 Å². The third-order valence-corrected chi connectivity index (χ3v) is 1.21. The number of benzene rings is 1. The van der Waals surface area contributed by atoms with Gasteiger partial charge < -0.3 is 5.73 Å². The number of rotatable bonds is 2. The zero-order valence-corrected chi connectivity index (χ0v) is 5.58. The maximum absolute atomic E-state index is 11.5. The van der Waals surface area contributed by atoms with Gasteiger partial charge in [0, 0.05) is 10.1 Å². The Kier molecular flexibility index (Phi) is 2.06. The van der Waals surface area contributed by atoms with E-state index in [1.165, 1.54) is 24.3 Å². The van der Waals surface area contributed by atoms with Gasteiger partial charge in [-0.05, 0) is 18.2 Å². The molecule has 0 atom stereocenters. The fourth-order valence-electron chi connectivity index (χ4n) is 0.697. The molecule has 3 nitrogen and oxygen atoms in total. The fourth-order valence-corrected chi connectivity index (χ4v) is 0.697. The average molecular weight is 155 g/mol. The van der Waals surface area contributed by atoms with Gasteiger partial charge in [-0.2, -0.15) is 0 Å². The molecule has 4 heteroatoms. The molecule has 1 rings (SSSR count). The summed E-state index contributed by atoms with van der Waals surface area (Å²) >= 11 is 0. The summed E-state index contributed by atoms with van der Waals surface area (Å²) in [5.41, 5.74) is 5.14. The molecule has 58 valence electrons. The van der Waals surface area contributed by atoms with Gasteiger partial charge in [-0.25, -0.2) is 0 Å². The van der Waals surface area contributed by atoms with Crippen LogP contribution in [0.3, 0.4) is 0 Å². The molecule has 0 saturated carbocycles. The minimum absolute atomic E-state index is 0.0266. The van der Waals surface area contributed by atoms with Gasteiger partial charge in [0.25, 0.3) is 0 Å². The number of hydrogen-bond donors (Lipinski definition) is 1. The van der Waals surface area contributed by atoms with Crippen LogP contribution in [0.5, 0.6) is 5.75 Å². The molecule has 1 amide bonds. The zero-order chi connectivity index (χ0) is 8.27. The Bertz CT molecular complexity index is 275. The molecule has 0 fully saturated rings. The van der Waals surface area contributed by atoms with Crippen molar-refractivity contribution < 1.29 is 14.3 Å². The van der Waals surface area contributed by atoms with Gasteiger partial charge in [-0.3, -0.25) is 9.74 Å². The van der Waals surface area contributed by atoms with E-state index in [4.69, 9.17) is 5.73 Å². The summed E-state index contributed by atoms with van der Waals surface area (Å²) in [7, 11) is 0. The Hall–Kier alpha value is -1.58. The third kappa shape index (κ3) is 1.67. The van der Waals surface area contributed by atoms with Crippen LogP contribution in [0.2, 0.25) is 0 Å². The smallest absolute Gasteiger partial charge is 0.248 e. The first-order valence-electron chi connectivity index (χ1n) is 2.92. The van der Waals surface area contributed by atoms with E-state index in [-0.39, 0.29) is 11.3 Å². The van der Waals surface area contributed by atoms with E-state index in [9.17, 15) is 9.32 Å².